The molecule has 21 heavy (non-hydrogen) atoms. The average Bonchev–Trinajstić information content (AvgIpc) is 2.34. The molecular formula is C15H21FN2O3. The molecule has 3 N–H and O–H groups in total. The SMILES string of the molecule is CC(NC(=O)N[C@@H](C(=O)O)C(C)(C)C)c1cccc(F)c1. The molecule has 0 aromatic heterocycles. The van der Waals surface area contributed by atoms with Crippen molar-refractivity contribution in [2.24, 2.45) is 5.41 Å². The van der Waals surface area contributed by atoms with Crippen molar-refractivity contribution in [3.8, 4) is 0 Å². The van der Waals surface area contributed by atoms with Gasteiger partial charge in [0.25, 0.3) is 0 Å². The molecule has 6 heteroatoms. The van der Waals surface area contributed by atoms with Crippen LogP contribution in [0.4, 0.5) is 9.18 Å². The summed E-state index contributed by atoms with van der Waals surface area (Å²) in [4.78, 5) is 23.1. The zero-order chi connectivity index (χ0) is 16.2. The topological polar surface area (TPSA) is 78.4 Å². The second-order valence-corrected chi connectivity index (χ2v) is 6.03. The minimum atomic E-state index is -1.10. The average molecular weight is 296 g/mol. The predicted octanol–water partition coefficient (Wildman–Crippen LogP) is 2.69. The molecule has 0 bridgehead atoms. The van der Waals surface area contributed by atoms with Gasteiger partial charge < -0.3 is 15.7 Å². The first-order chi connectivity index (χ1) is 9.61. The van der Waals surface area contributed by atoms with E-state index in [1.54, 1.807) is 39.8 Å². The van der Waals surface area contributed by atoms with Crippen LogP contribution >= 0.6 is 0 Å². The van der Waals surface area contributed by atoms with Crippen LogP contribution in [0.2, 0.25) is 0 Å². The van der Waals surface area contributed by atoms with Gasteiger partial charge in [-0.1, -0.05) is 32.9 Å². The molecule has 1 unspecified atom stereocenters. The van der Waals surface area contributed by atoms with Gasteiger partial charge in [0.15, 0.2) is 0 Å². The molecule has 1 aromatic carbocycles. The standard InChI is InChI=1S/C15H21FN2O3/c1-9(10-6-5-7-11(16)8-10)17-14(21)18-12(13(19)20)15(2,3)4/h5-9,12H,1-4H3,(H,19,20)(H2,17,18,21)/t9?,12-/m0/s1. The Labute approximate surface area is 123 Å². The van der Waals surface area contributed by atoms with Gasteiger partial charge in [-0.25, -0.2) is 14.0 Å². The molecule has 0 radical (unpaired) electrons. The second kappa shape index (κ2) is 6.56. The molecule has 1 aromatic rings. The van der Waals surface area contributed by atoms with Gasteiger partial charge in [-0.2, -0.15) is 0 Å². The summed E-state index contributed by atoms with van der Waals surface area (Å²) in [6.07, 6.45) is 0. The summed E-state index contributed by atoms with van der Waals surface area (Å²) >= 11 is 0. The number of hydrogen-bond donors (Lipinski definition) is 3. The van der Waals surface area contributed by atoms with Gasteiger partial charge >= 0.3 is 12.0 Å². The third-order valence-corrected chi connectivity index (χ3v) is 3.08. The minimum absolute atomic E-state index is 0.389. The zero-order valence-corrected chi connectivity index (χ0v) is 12.6. The van der Waals surface area contributed by atoms with E-state index in [2.05, 4.69) is 10.6 Å². The third-order valence-electron chi connectivity index (χ3n) is 3.08. The molecule has 2 atom stereocenters. The number of aliphatic carboxylic acids is 1. The van der Waals surface area contributed by atoms with Gasteiger partial charge in [-0.05, 0) is 30.0 Å². The van der Waals surface area contributed by atoms with Crippen molar-refractivity contribution in [2.45, 2.75) is 39.8 Å². The van der Waals surface area contributed by atoms with Crippen LogP contribution in [0.5, 0.6) is 0 Å². The molecular weight excluding hydrogens is 275 g/mol. The fourth-order valence-corrected chi connectivity index (χ4v) is 1.88. The third kappa shape index (κ3) is 5.06. The smallest absolute Gasteiger partial charge is 0.326 e. The Bertz CT molecular complexity index is 526. The molecule has 0 aliphatic rings. The van der Waals surface area contributed by atoms with Gasteiger partial charge in [0, 0.05) is 0 Å². The van der Waals surface area contributed by atoms with Crippen molar-refractivity contribution in [2.75, 3.05) is 0 Å². The largest absolute Gasteiger partial charge is 0.480 e. The van der Waals surface area contributed by atoms with E-state index in [1.165, 1.54) is 12.1 Å². The number of carbonyl (C=O) groups excluding carboxylic acids is 1. The second-order valence-electron chi connectivity index (χ2n) is 6.03. The number of benzene rings is 1. The Morgan fingerprint density at radius 1 is 1.24 bits per heavy atom. The van der Waals surface area contributed by atoms with Gasteiger partial charge in [-0.15, -0.1) is 0 Å². The van der Waals surface area contributed by atoms with Crippen LogP contribution in [-0.4, -0.2) is 23.1 Å². The highest BCUT2D eigenvalue weighted by molar-refractivity contribution is 5.83. The molecule has 0 aliphatic carbocycles. The number of urea groups is 1. The Morgan fingerprint density at radius 3 is 2.33 bits per heavy atom. The van der Waals surface area contributed by atoms with Crippen molar-refractivity contribution in [1.82, 2.24) is 10.6 Å². The van der Waals surface area contributed by atoms with E-state index in [4.69, 9.17) is 5.11 Å². The van der Waals surface area contributed by atoms with Crippen LogP contribution in [0, 0.1) is 11.2 Å². The lowest BCUT2D eigenvalue weighted by molar-refractivity contribution is -0.141. The minimum Gasteiger partial charge on any atom is -0.480 e. The Balaban J connectivity index is 2.70. The van der Waals surface area contributed by atoms with Crippen molar-refractivity contribution < 1.29 is 19.1 Å². The maximum absolute atomic E-state index is 13.1. The van der Waals surface area contributed by atoms with Crippen LogP contribution in [0.3, 0.4) is 0 Å². The first-order valence-corrected chi connectivity index (χ1v) is 6.66. The molecule has 0 saturated heterocycles. The first-order valence-electron chi connectivity index (χ1n) is 6.66. The quantitative estimate of drug-likeness (QED) is 0.799. The van der Waals surface area contributed by atoms with Crippen molar-refractivity contribution in [3.05, 3.63) is 35.6 Å². The number of halogens is 1. The Hall–Kier alpha value is -2.11. The summed E-state index contributed by atoms with van der Waals surface area (Å²) in [6.45, 7) is 6.87. The monoisotopic (exact) mass is 296 g/mol. The van der Waals surface area contributed by atoms with E-state index in [9.17, 15) is 14.0 Å². The summed E-state index contributed by atoms with van der Waals surface area (Å²) in [5, 5.41) is 14.2. The normalized spacial score (nSPS) is 14.1. The lowest BCUT2D eigenvalue weighted by Gasteiger charge is -2.28. The van der Waals surface area contributed by atoms with E-state index in [-0.39, 0.29) is 5.82 Å². The maximum Gasteiger partial charge on any atom is 0.326 e. The van der Waals surface area contributed by atoms with E-state index >= 15 is 0 Å². The highest BCUT2D eigenvalue weighted by Crippen LogP contribution is 2.19. The maximum atomic E-state index is 13.1. The summed E-state index contributed by atoms with van der Waals surface area (Å²) in [5.74, 6) is -1.49. The first kappa shape index (κ1) is 16.9. The van der Waals surface area contributed by atoms with Crippen molar-refractivity contribution in [1.29, 1.82) is 0 Å². The molecule has 5 nitrogen and oxygen atoms in total. The number of nitrogens with one attached hydrogen (secondary N) is 2. The number of hydrogen-bond acceptors (Lipinski definition) is 2. The van der Waals surface area contributed by atoms with E-state index in [1.807, 2.05) is 0 Å². The highest BCUT2D eigenvalue weighted by Gasteiger charge is 2.32. The fourth-order valence-electron chi connectivity index (χ4n) is 1.88. The van der Waals surface area contributed by atoms with Crippen LogP contribution in [0.25, 0.3) is 0 Å². The van der Waals surface area contributed by atoms with Crippen LogP contribution < -0.4 is 10.6 Å². The molecule has 0 fully saturated rings. The van der Waals surface area contributed by atoms with E-state index in [0.29, 0.717) is 5.56 Å². The van der Waals surface area contributed by atoms with Crippen LogP contribution in [0.1, 0.15) is 39.3 Å². The Kier molecular flexibility index (Phi) is 5.29. The number of amides is 2. The molecule has 0 heterocycles. The molecule has 1 rings (SSSR count). The lowest BCUT2D eigenvalue weighted by Crippen LogP contribution is -2.52. The highest BCUT2D eigenvalue weighted by atomic mass is 19.1. The van der Waals surface area contributed by atoms with Gasteiger partial charge in [-0.3, -0.25) is 0 Å². The van der Waals surface area contributed by atoms with E-state index in [0.717, 1.165) is 0 Å². The molecule has 0 saturated carbocycles. The van der Waals surface area contributed by atoms with Gasteiger partial charge in [0.2, 0.25) is 0 Å². The number of carboxylic acid groups (broad SMARTS) is 1. The van der Waals surface area contributed by atoms with Crippen molar-refractivity contribution in [3.63, 3.8) is 0 Å². The predicted molar refractivity (Wildman–Crippen MR) is 77.4 cm³/mol. The Morgan fingerprint density at radius 2 is 1.86 bits per heavy atom. The number of carboxylic acids is 1. The van der Waals surface area contributed by atoms with Crippen molar-refractivity contribution >= 4 is 12.0 Å². The lowest BCUT2D eigenvalue weighted by atomic mass is 9.87. The summed E-state index contributed by atoms with van der Waals surface area (Å²) in [5.41, 5.74) is -0.0153. The summed E-state index contributed by atoms with van der Waals surface area (Å²) < 4.78 is 13.1. The summed E-state index contributed by atoms with van der Waals surface area (Å²) in [6, 6.07) is 3.82. The van der Waals surface area contributed by atoms with Gasteiger partial charge in [0.1, 0.15) is 11.9 Å². The van der Waals surface area contributed by atoms with Gasteiger partial charge in [0.05, 0.1) is 6.04 Å². The van der Waals surface area contributed by atoms with E-state index < -0.39 is 29.5 Å². The number of rotatable bonds is 4. The molecule has 0 spiro atoms. The number of carbonyl (C=O) groups is 2. The zero-order valence-electron chi connectivity index (χ0n) is 12.6. The molecule has 116 valence electrons. The summed E-state index contributed by atoms with van der Waals surface area (Å²) in [7, 11) is 0. The van der Waals surface area contributed by atoms with Crippen LogP contribution in [0.15, 0.2) is 24.3 Å². The molecule has 0 aliphatic heterocycles. The molecule has 2 amide bonds. The fraction of sp³-hybridized carbons (Fsp3) is 0.467. The van der Waals surface area contributed by atoms with Crippen LogP contribution in [-0.2, 0) is 4.79 Å².